The van der Waals surface area contributed by atoms with Gasteiger partial charge < -0.3 is 13.7 Å². The number of Topliss-reactive ketones (excluding diaryl/α,β-unsaturated/α-hetero) is 1. The number of fused-ring (bicyclic) bond motifs is 4. The molecule has 0 fully saturated rings. The number of aromatic nitrogens is 16. The Morgan fingerprint density at radius 2 is 0.679 bits per heavy atom. The second kappa shape index (κ2) is 40.3. The molecule has 0 radical (unpaired) electrons. The molecule has 20 rings (SSSR count). The lowest BCUT2D eigenvalue weighted by Gasteiger charge is -2.18. The topological polar surface area (TPSA) is 284 Å². The maximum absolute atomic E-state index is 12.9. The Kier molecular flexibility index (Phi) is 27.5. The van der Waals surface area contributed by atoms with Crippen molar-refractivity contribution in [3.8, 4) is 90.8 Å². The third-order valence-electron chi connectivity index (χ3n) is 25.3. The van der Waals surface area contributed by atoms with Gasteiger partial charge in [0.2, 0.25) is 23.6 Å². The summed E-state index contributed by atoms with van der Waals surface area (Å²) in [6, 6.07) is 66.3. The van der Waals surface area contributed by atoms with E-state index in [-0.39, 0.29) is 29.4 Å². The lowest BCUT2D eigenvalue weighted by Crippen LogP contribution is -2.26. The largest absolute Gasteiger partial charge is 0.334 e. The van der Waals surface area contributed by atoms with Gasteiger partial charge in [-0.15, -0.1) is 0 Å². The number of nitrogens with zero attached hydrogens (tertiary/aromatic N) is 19. The predicted octanol–water partition coefficient (Wildman–Crippen LogP) is 21.9. The zero-order valence-corrected chi connectivity index (χ0v) is 80.5. The van der Waals surface area contributed by atoms with E-state index in [1.54, 1.807) is 45.1 Å². The first kappa shape index (κ1) is 93.3. The molecule has 0 spiro atoms. The fourth-order valence-corrected chi connectivity index (χ4v) is 18.3. The van der Waals surface area contributed by atoms with Crippen LogP contribution in [0, 0.1) is 13.8 Å². The smallest absolute Gasteiger partial charge is 0.233 e. The molecule has 8 aromatic carbocycles. The molecule has 692 valence electrons. The van der Waals surface area contributed by atoms with Crippen molar-refractivity contribution in [2.24, 2.45) is 7.05 Å². The van der Waals surface area contributed by atoms with E-state index in [1.807, 2.05) is 159 Å². The number of H-pyrrole nitrogens is 1. The molecule has 25 heteroatoms. The first-order valence-electron chi connectivity index (χ1n) is 47.0. The van der Waals surface area contributed by atoms with E-state index in [4.69, 9.17) is 24.9 Å². The number of hydrogen-bond donors (Lipinski definition) is 1. The molecule has 1 N–H and O–H groups in total. The molecule has 0 atom stereocenters. The number of rotatable bonds is 24. The van der Waals surface area contributed by atoms with Crippen LogP contribution in [0.4, 0.5) is 23.3 Å². The average Bonchev–Trinajstić information content (AvgIpc) is 1.65. The van der Waals surface area contributed by atoms with Gasteiger partial charge in [-0.3, -0.25) is 48.7 Å². The predicted molar refractivity (Wildman–Crippen MR) is 538 cm³/mol. The average molecular weight is 1820 g/mol. The Morgan fingerprint density at radius 1 is 0.350 bits per heavy atom. The van der Waals surface area contributed by atoms with Crippen LogP contribution in [-0.4, -0.2) is 108 Å². The van der Waals surface area contributed by atoms with Gasteiger partial charge in [0.1, 0.15) is 46.5 Å². The fourth-order valence-electron chi connectivity index (χ4n) is 18.3. The van der Waals surface area contributed by atoms with E-state index in [0.29, 0.717) is 141 Å². The molecular formula is C112H114N20O5. The number of carbonyl (C=O) groups excluding carboxylic acids is 5. The van der Waals surface area contributed by atoms with Crippen LogP contribution in [0.5, 0.6) is 0 Å². The molecular weight excluding hydrogens is 1710 g/mol. The van der Waals surface area contributed by atoms with Crippen LogP contribution in [0.15, 0.2) is 250 Å². The number of hydrogen-bond acceptors (Lipinski definition) is 17. The second-order valence-electron chi connectivity index (χ2n) is 37.5. The number of amides is 4. The van der Waals surface area contributed by atoms with Gasteiger partial charge in [-0.05, 0) is 122 Å². The van der Waals surface area contributed by atoms with Crippen molar-refractivity contribution in [1.82, 2.24) is 78.7 Å². The molecule has 12 heterocycles. The van der Waals surface area contributed by atoms with Crippen molar-refractivity contribution >= 4 is 52.7 Å². The van der Waals surface area contributed by atoms with Crippen molar-refractivity contribution in [3.05, 3.63) is 334 Å². The van der Waals surface area contributed by atoms with Crippen LogP contribution in [0.25, 0.3) is 90.8 Å². The molecule has 0 saturated carbocycles. The highest BCUT2D eigenvalue weighted by Gasteiger charge is 2.36. The summed E-state index contributed by atoms with van der Waals surface area (Å²) in [6.07, 6.45) is 18.4. The Hall–Kier alpha value is -15.5. The normalized spacial score (nSPS) is 13.1. The van der Waals surface area contributed by atoms with E-state index in [2.05, 4.69) is 230 Å². The van der Waals surface area contributed by atoms with Crippen LogP contribution >= 0.6 is 0 Å². The van der Waals surface area contributed by atoms with Crippen LogP contribution in [0.1, 0.15) is 210 Å². The molecule has 0 saturated heterocycles. The van der Waals surface area contributed by atoms with Crippen molar-refractivity contribution < 1.29 is 24.0 Å². The summed E-state index contributed by atoms with van der Waals surface area (Å²) in [6.45, 7) is 33.5. The van der Waals surface area contributed by atoms with Gasteiger partial charge >= 0.3 is 0 Å². The van der Waals surface area contributed by atoms with Crippen molar-refractivity contribution in [2.75, 3.05) is 19.6 Å². The third-order valence-corrected chi connectivity index (χ3v) is 25.3. The Bertz CT molecular complexity index is 6980. The summed E-state index contributed by atoms with van der Waals surface area (Å²) in [7, 11) is 1.93. The highest BCUT2D eigenvalue weighted by molar-refractivity contribution is 6.03. The van der Waals surface area contributed by atoms with Crippen molar-refractivity contribution in [3.63, 3.8) is 0 Å². The molecule has 4 aliphatic heterocycles. The molecule has 16 aromatic rings. The molecule has 0 bridgehead atoms. The summed E-state index contributed by atoms with van der Waals surface area (Å²) >= 11 is 0. The molecule has 8 aromatic heterocycles. The minimum absolute atomic E-state index is 0.0237. The van der Waals surface area contributed by atoms with Crippen LogP contribution < -0.4 is 19.6 Å². The number of ketones is 1. The summed E-state index contributed by atoms with van der Waals surface area (Å²) in [4.78, 5) is 122. The summed E-state index contributed by atoms with van der Waals surface area (Å²) in [5.41, 5.74) is 24.6. The van der Waals surface area contributed by atoms with E-state index in [0.717, 1.165) is 129 Å². The lowest BCUT2D eigenvalue weighted by molar-refractivity contribution is -0.118. The molecule has 137 heavy (non-hydrogen) atoms. The first-order valence-corrected chi connectivity index (χ1v) is 47.0. The number of carbonyl (C=O) groups is 5. The molecule has 25 nitrogen and oxygen atoms in total. The fraction of sp³-hybridized carbons (Fsp3) is 0.277. The monoisotopic (exact) mass is 1820 g/mol. The van der Waals surface area contributed by atoms with E-state index in [1.165, 1.54) is 22.3 Å². The number of nitrogens with one attached hydrogen (secondary N) is 1. The van der Waals surface area contributed by atoms with E-state index < -0.39 is 0 Å². The highest BCUT2D eigenvalue weighted by atomic mass is 16.2. The maximum Gasteiger partial charge on any atom is 0.233 e. The van der Waals surface area contributed by atoms with Gasteiger partial charge in [0.25, 0.3) is 0 Å². The number of aryl methyl sites for hydroxylation is 3. The SMILES string of the molecule is CC(=O)Cc1cn(C)c(-c2ccc(CN3C(=O)Cc4cnc(-c5ccccc5C(C)C)nc43)cc2)n1.CC(C)c1ccccc1-c1ncc2c(n1)N(Cc1ccc(-c3cn[nH]c3)cc1)C(=O)C2.Cc1cn(C(C)C)c(-c2ccc(CN3C(=O)Cc4cnc(-c5ccccc5C(C)C)nc43)cc2)n1.Cc1cnc(-c2ccc(CN3C(=O)Cc4cnc(-c5ccccc5C(C)C)nc43)cc2)n1C(C)C. The van der Waals surface area contributed by atoms with Crippen LogP contribution in [0.2, 0.25) is 0 Å². The minimum Gasteiger partial charge on any atom is -0.334 e. The number of imidazole rings is 3. The first-order chi connectivity index (χ1) is 66.0. The third kappa shape index (κ3) is 20.3. The Labute approximate surface area is 799 Å². The van der Waals surface area contributed by atoms with Gasteiger partial charge in [0.15, 0.2) is 23.3 Å². The van der Waals surface area contributed by atoms with Gasteiger partial charge in [-0.1, -0.05) is 250 Å². The Morgan fingerprint density at radius 3 is 0.993 bits per heavy atom. The zero-order chi connectivity index (χ0) is 96.1. The maximum atomic E-state index is 12.9. The number of anilines is 4. The lowest BCUT2D eigenvalue weighted by atomic mass is 9.97. The van der Waals surface area contributed by atoms with Gasteiger partial charge in [-0.2, -0.15) is 5.10 Å². The summed E-state index contributed by atoms with van der Waals surface area (Å²) in [5.74, 6) is 9.90. The van der Waals surface area contributed by atoms with Crippen LogP contribution in [-0.2, 0) is 89.3 Å². The summed E-state index contributed by atoms with van der Waals surface area (Å²) < 4.78 is 6.36. The number of benzene rings is 8. The Balaban J connectivity index is 0.000000127. The minimum atomic E-state index is 0.0237. The molecule has 0 aliphatic carbocycles. The quantitative estimate of drug-likeness (QED) is 0.0588. The van der Waals surface area contributed by atoms with Gasteiger partial charge in [0.05, 0.1) is 69.4 Å². The molecule has 4 amide bonds. The zero-order valence-electron chi connectivity index (χ0n) is 80.5. The van der Waals surface area contributed by atoms with Gasteiger partial charge in [-0.25, -0.2) is 54.8 Å². The van der Waals surface area contributed by atoms with Crippen molar-refractivity contribution in [1.29, 1.82) is 0 Å². The van der Waals surface area contributed by atoms with Crippen molar-refractivity contribution in [2.45, 2.75) is 198 Å². The van der Waals surface area contributed by atoms with Gasteiger partial charge in [0, 0.05) is 148 Å². The number of aromatic amines is 1. The summed E-state index contributed by atoms with van der Waals surface area (Å²) in [5, 5.41) is 6.83. The van der Waals surface area contributed by atoms with Crippen LogP contribution in [0.3, 0.4) is 0 Å². The standard InChI is InChI=1S/C29H29N5O2.2C29H31N5O.C25H23N5O/c1-18(2)24-7-5-6-8-25(24)27-30-15-22-14-26(36)34(29(22)32-27)16-20-9-11-21(12-10-20)28-31-23(13-19(3)35)17-33(28)4;1-18(2)24-8-6-7-9-25(24)27-30-15-23-14-26(35)34(29(23)32-27)17-21-10-12-22(13-11-21)28-31-20(5)16-33(28)19(3)4;1-18(2)24-8-6-7-9-25(24)27-30-16-23-14-26(35)33(29(23)32-27)17-21-10-12-22(13-11-21)28-31-15-20(5)34(28)19(3)4;1-16(2)21-5-3-4-6-22(21)24-26-12-19-11-23(31)30(25(19)29-24)15-17-7-9-18(10-8-17)20-13-27-28-14-20/h5-12,15,17-18H,13-14,16H2,1-4H3;2*6-13,15-16,18-19H,14,17H2,1-5H3;3-10,12-14,16H,11,15H2,1-2H3,(H,27,28). The molecule has 0 unspecified atom stereocenters. The van der Waals surface area contributed by atoms with E-state index in [9.17, 15) is 24.0 Å². The van der Waals surface area contributed by atoms with E-state index >= 15 is 0 Å². The molecule has 4 aliphatic rings. The second-order valence-corrected chi connectivity index (χ2v) is 37.5. The highest BCUT2D eigenvalue weighted by Crippen LogP contribution is 2.41.